The number of amides is 1. The van der Waals surface area contributed by atoms with Crippen LogP contribution in [-0.2, 0) is 10.0 Å². The average Bonchev–Trinajstić information content (AvgIpc) is 3.19. The van der Waals surface area contributed by atoms with Crippen LogP contribution in [0.1, 0.15) is 39.6 Å². The maximum absolute atomic E-state index is 13.2. The van der Waals surface area contributed by atoms with Gasteiger partial charge in [0.2, 0.25) is 10.0 Å². The molecular weight excluding hydrogens is 460 g/mol. The highest BCUT2D eigenvalue weighted by Gasteiger charge is 2.38. The summed E-state index contributed by atoms with van der Waals surface area (Å²) in [6.45, 7) is 6.83. The second-order valence-corrected chi connectivity index (χ2v) is 11.2. The van der Waals surface area contributed by atoms with Crippen LogP contribution in [-0.4, -0.2) is 56.1 Å². The molecular formula is C27H30N4O3S. The standard InChI is InChI=1S/C27H30N4O3S/c1-20-18-21(2)28-19-26(20)29-13-15-30(16-14-29)27(32)23-8-10-24(11-9-23)31-25(12-17-35(31,33)34)22-6-4-3-5-7-22/h3-11,18-19,25H,12-17H2,1-2H3/t25-/m0/s1. The molecule has 2 aromatic carbocycles. The molecule has 3 aromatic rings. The zero-order valence-corrected chi connectivity index (χ0v) is 20.9. The molecule has 0 unspecified atom stereocenters. The van der Waals surface area contributed by atoms with Crippen LogP contribution in [0, 0.1) is 13.8 Å². The Bertz CT molecular complexity index is 1320. The van der Waals surface area contributed by atoms with Crippen molar-refractivity contribution >= 4 is 27.3 Å². The fourth-order valence-corrected chi connectivity index (χ4v) is 6.87. The molecule has 2 saturated heterocycles. The summed E-state index contributed by atoms with van der Waals surface area (Å²) in [6, 6.07) is 18.6. The molecule has 0 aliphatic carbocycles. The van der Waals surface area contributed by atoms with Crippen molar-refractivity contribution in [1.82, 2.24) is 9.88 Å². The monoisotopic (exact) mass is 490 g/mol. The van der Waals surface area contributed by atoms with Gasteiger partial charge in [-0.25, -0.2) is 8.42 Å². The lowest BCUT2D eigenvalue weighted by molar-refractivity contribution is 0.0747. The van der Waals surface area contributed by atoms with Crippen molar-refractivity contribution in [3.63, 3.8) is 0 Å². The van der Waals surface area contributed by atoms with Gasteiger partial charge >= 0.3 is 0 Å². The maximum atomic E-state index is 13.2. The van der Waals surface area contributed by atoms with Crippen molar-refractivity contribution in [2.24, 2.45) is 0 Å². The average molecular weight is 491 g/mol. The Kier molecular flexibility index (Phi) is 6.23. The molecule has 0 saturated carbocycles. The molecule has 2 aliphatic rings. The first-order valence-corrected chi connectivity index (χ1v) is 13.6. The summed E-state index contributed by atoms with van der Waals surface area (Å²) in [4.78, 5) is 21.7. The van der Waals surface area contributed by atoms with E-state index in [1.54, 1.807) is 24.3 Å². The van der Waals surface area contributed by atoms with E-state index < -0.39 is 10.0 Å². The second kappa shape index (κ2) is 9.34. The van der Waals surface area contributed by atoms with Gasteiger partial charge in [-0.2, -0.15) is 0 Å². The molecule has 3 heterocycles. The summed E-state index contributed by atoms with van der Waals surface area (Å²) in [5.74, 6) is 0.0897. The maximum Gasteiger partial charge on any atom is 0.253 e. The molecule has 35 heavy (non-hydrogen) atoms. The molecule has 1 aromatic heterocycles. The largest absolute Gasteiger partial charge is 0.367 e. The number of hydrogen-bond acceptors (Lipinski definition) is 5. The third-order valence-electron chi connectivity index (χ3n) is 6.91. The second-order valence-electron chi connectivity index (χ2n) is 9.27. The number of anilines is 2. The van der Waals surface area contributed by atoms with Gasteiger partial charge in [-0.05, 0) is 61.7 Å². The summed E-state index contributed by atoms with van der Waals surface area (Å²) in [7, 11) is -3.40. The van der Waals surface area contributed by atoms with Crippen LogP contribution in [0.15, 0.2) is 66.9 Å². The molecule has 0 bridgehead atoms. The van der Waals surface area contributed by atoms with Gasteiger partial charge in [0.1, 0.15) is 0 Å². The van der Waals surface area contributed by atoms with Crippen LogP contribution in [0.4, 0.5) is 11.4 Å². The van der Waals surface area contributed by atoms with Gasteiger partial charge in [-0.3, -0.25) is 14.1 Å². The summed E-state index contributed by atoms with van der Waals surface area (Å²) in [5.41, 5.74) is 5.46. The molecule has 182 valence electrons. The Morgan fingerprint density at radius 1 is 0.943 bits per heavy atom. The summed E-state index contributed by atoms with van der Waals surface area (Å²) in [6.07, 6.45) is 2.46. The molecule has 8 heteroatoms. The Balaban J connectivity index is 1.29. The van der Waals surface area contributed by atoms with Gasteiger partial charge in [0, 0.05) is 37.4 Å². The lowest BCUT2D eigenvalue weighted by atomic mass is 10.0. The lowest BCUT2D eigenvalue weighted by Crippen LogP contribution is -2.49. The minimum Gasteiger partial charge on any atom is -0.367 e. The summed E-state index contributed by atoms with van der Waals surface area (Å²) < 4.78 is 27.2. The Labute approximate surface area is 207 Å². The van der Waals surface area contributed by atoms with Crippen molar-refractivity contribution in [2.75, 3.05) is 41.1 Å². The van der Waals surface area contributed by atoms with Crippen molar-refractivity contribution in [3.05, 3.63) is 89.2 Å². The Hall–Kier alpha value is -3.39. The van der Waals surface area contributed by atoms with Gasteiger partial charge < -0.3 is 9.80 Å². The van der Waals surface area contributed by atoms with E-state index in [9.17, 15) is 13.2 Å². The molecule has 7 nitrogen and oxygen atoms in total. The molecule has 1 atom stereocenters. The molecule has 5 rings (SSSR count). The van der Waals surface area contributed by atoms with Crippen LogP contribution < -0.4 is 9.21 Å². The number of carbonyl (C=O) groups is 1. The first kappa shape index (κ1) is 23.4. The van der Waals surface area contributed by atoms with E-state index in [4.69, 9.17) is 0 Å². The fraction of sp³-hybridized carbons (Fsp3) is 0.333. The number of sulfonamides is 1. The van der Waals surface area contributed by atoms with Crippen molar-refractivity contribution in [1.29, 1.82) is 0 Å². The van der Waals surface area contributed by atoms with Crippen molar-refractivity contribution in [2.45, 2.75) is 26.3 Å². The first-order chi connectivity index (χ1) is 16.8. The lowest BCUT2D eigenvalue weighted by Gasteiger charge is -2.36. The number of rotatable bonds is 4. The van der Waals surface area contributed by atoms with Crippen LogP contribution in [0.5, 0.6) is 0 Å². The number of aromatic nitrogens is 1. The normalized spacial score (nSPS) is 19.7. The zero-order valence-electron chi connectivity index (χ0n) is 20.1. The van der Waals surface area contributed by atoms with Crippen LogP contribution in [0.25, 0.3) is 0 Å². The molecule has 0 N–H and O–H groups in total. The van der Waals surface area contributed by atoms with Crippen LogP contribution in [0.3, 0.4) is 0 Å². The minimum absolute atomic E-state index is 0.0289. The SMILES string of the molecule is Cc1cc(C)c(N2CCN(C(=O)c3ccc(N4[C@H](c5ccccc5)CCS4(=O)=O)cc3)CC2)cn1. The highest BCUT2D eigenvalue weighted by Crippen LogP contribution is 2.38. The number of hydrogen-bond donors (Lipinski definition) is 0. The van der Waals surface area contributed by atoms with Crippen LogP contribution >= 0.6 is 0 Å². The van der Waals surface area contributed by atoms with Crippen molar-refractivity contribution < 1.29 is 13.2 Å². The fourth-order valence-electron chi connectivity index (χ4n) is 5.09. The Morgan fingerprint density at radius 2 is 1.63 bits per heavy atom. The quantitative estimate of drug-likeness (QED) is 0.554. The van der Waals surface area contributed by atoms with Gasteiger partial charge in [0.25, 0.3) is 5.91 Å². The smallest absolute Gasteiger partial charge is 0.253 e. The summed E-state index contributed by atoms with van der Waals surface area (Å²) in [5, 5.41) is 0. The minimum atomic E-state index is -3.40. The van der Waals surface area contributed by atoms with E-state index in [2.05, 4.69) is 22.9 Å². The Morgan fingerprint density at radius 3 is 2.29 bits per heavy atom. The number of aryl methyl sites for hydroxylation is 2. The van der Waals surface area contributed by atoms with E-state index in [1.165, 1.54) is 9.87 Å². The predicted octanol–water partition coefficient (Wildman–Crippen LogP) is 3.94. The van der Waals surface area contributed by atoms with E-state index in [1.807, 2.05) is 48.4 Å². The van der Waals surface area contributed by atoms with Gasteiger partial charge in [-0.1, -0.05) is 30.3 Å². The van der Waals surface area contributed by atoms with Crippen LogP contribution in [0.2, 0.25) is 0 Å². The van der Waals surface area contributed by atoms with E-state index >= 15 is 0 Å². The highest BCUT2D eigenvalue weighted by molar-refractivity contribution is 7.93. The van der Waals surface area contributed by atoms with Gasteiger partial charge in [0.05, 0.1) is 29.4 Å². The topological polar surface area (TPSA) is 73.8 Å². The third-order valence-corrected chi connectivity index (χ3v) is 8.73. The zero-order chi connectivity index (χ0) is 24.6. The van der Waals surface area contributed by atoms with E-state index in [-0.39, 0.29) is 17.7 Å². The first-order valence-electron chi connectivity index (χ1n) is 12.0. The molecule has 0 spiro atoms. The predicted molar refractivity (Wildman–Crippen MR) is 138 cm³/mol. The summed E-state index contributed by atoms with van der Waals surface area (Å²) >= 11 is 0. The van der Waals surface area contributed by atoms with E-state index in [0.29, 0.717) is 30.8 Å². The highest BCUT2D eigenvalue weighted by atomic mass is 32.2. The van der Waals surface area contributed by atoms with E-state index in [0.717, 1.165) is 30.0 Å². The molecule has 2 aliphatic heterocycles. The molecule has 2 fully saturated rings. The molecule has 1 amide bonds. The molecule has 0 radical (unpaired) electrons. The third kappa shape index (κ3) is 4.62. The van der Waals surface area contributed by atoms with Gasteiger partial charge in [0.15, 0.2) is 0 Å². The number of piperazine rings is 1. The number of nitrogens with zero attached hydrogens (tertiary/aromatic N) is 4. The number of pyridine rings is 1. The number of benzene rings is 2. The number of carbonyl (C=O) groups excluding carboxylic acids is 1. The van der Waals surface area contributed by atoms with Gasteiger partial charge in [-0.15, -0.1) is 0 Å². The van der Waals surface area contributed by atoms with Crippen molar-refractivity contribution in [3.8, 4) is 0 Å².